The molecule has 36 heavy (non-hydrogen) atoms. The van der Waals surface area contributed by atoms with Crippen LogP contribution in [0.2, 0.25) is 0 Å². The average molecular weight is 484 g/mol. The number of hydrogen-bond acceptors (Lipinski definition) is 7. The van der Waals surface area contributed by atoms with Crippen LogP contribution >= 0.6 is 0 Å². The number of nitrogens with zero attached hydrogens (tertiary/aromatic N) is 5. The van der Waals surface area contributed by atoms with Gasteiger partial charge in [-0.15, -0.1) is 0 Å². The molecule has 0 bridgehead atoms. The zero-order valence-electron chi connectivity index (χ0n) is 19.9. The van der Waals surface area contributed by atoms with Crippen LogP contribution in [-0.2, 0) is 4.79 Å². The molecule has 0 atom stereocenters. The highest BCUT2D eigenvalue weighted by atomic mass is 16.6. The van der Waals surface area contributed by atoms with Crippen LogP contribution in [0.4, 0.5) is 11.4 Å². The van der Waals surface area contributed by atoms with Gasteiger partial charge in [-0.25, -0.2) is 4.99 Å². The van der Waals surface area contributed by atoms with Crippen LogP contribution in [-0.4, -0.2) is 46.1 Å². The summed E-state index contributed by atoms with van der Waals surface area (Å²) in [7, 11) is 0. The van der Waals surface area contributed by atoms with Crippen LogP contribution in [0.25, 0.3) is 6.08 Å². The van der Waals surface area contributed by atoms with Crippen molar-refractivity contribution in [3.05, 3.63) is 105 Å². The van der Waals surface area contributed by atoms with Gasteiger partial charge in [0.15, 0.2) is 5.84 Å². The molecule has 9 nitrogen and oxygen atoms in total. The summed E-state index contributed by atoms with van der Waals surface area (Å²) in [5, 5.41) is 27.3. The van der Waals surface area contributed by atoms with Gasteiger partial charge < -0.3 is 10.0 Å². The smallest absolute Gasteiger partial charge is 0.298 e. The quantitative estimate of drug-likeness (QED) is 0.214. The lowest BCUT2D eigenvalue weighted by molar-refractivity contribution is -0.385. The van der Waals surface area contributed by atoms with Gasteiger partial charge in [-0.3, -0.25) is 14.9 Å². The number of hydrogen-bond donors (Lipinski definition) is 1. The van der Waals surface area contributed by atoms with Crippen LogP contribution in [0.15, 0.2) is 88.6 Å². The van der Waals surface area contributed by atoms with E-state index in [0.29, 0.717) is 11.1 Å². The summed E-state index contributed by atoms with van der Waals surface area (Å²) in [6.07, 6.45) is 2.80. The number of nitro benzene ring substituents is 1. The van der Waals surface area contributed by atoms with E-state index in [1.807, 2.05) is 38.1 Å². The lowest BCUT2D eigenvalue weighted by Gasteiger charge is -2.21. The van der Waals surface area contributed by atoms with Crippen molar-refractivity contribution in [2.75, 3.05) is 18.0 Å². The topological polar surface area (TPSA) is 112 Å². The van der Waals surface area contributed by atoms with Crippen molar-refractivity contribution in [2.45, 2.75) is 13.8 Å². The molecule has 1 aliphatic rings. The Bertz CT molecular complexity index is 1380. The van der Waals surface area contributed by atoms with Gasteiger partial charge in [0.05, 0.1) is 16.7 Å². The Labute approximate surface area is 208 Å². The van der Waals surface area contributed by atoms with Gasteiger partial charge in [0.1, 0.15) is 11.4 Å². The number of phenolic OH excluding ortho intramolecular Hbond substituents is 1. The molecule has 1 N–H and O–H groups in total. The highest BCUT2D eigenvalue weighted by Crippen LogP contribution is 2.27. The predicted molar refractivity (Wildman–Crippen MR) is 140 cm³/mol. The maximum Gasteiger partial charge on any atom is 0.298 e. The average Bonchev–Trinajstić information content (AvgIpc) is 3.20. The molecule has 3 aromatic carbocycles. The molecule has 0 radical (unpaired) electrons. The van der Waals surface area contributed by atoms with E-state index >= 15 is 0 Å². The fourth-order valence-corrected chi connectivity index (χ4v) is 3.86. The van der Waals surface area contributed by atoms with Crippen molar-refractivity contribution < 1.29 is 14.8 Å². The highest BCUT2D eigenvalue weighted by molar-refractivity contribution is 6.20. The minimum absolute atomic E-state index is 0.0152. The van der Waals surface area contributed by atoms with Gasteiger partial charge in [0.2, 0.25) is 0 Å². The number of hydrazone groups is 1. The van der Waals surface area contributed by atoms with Crippen molar-refractivity contribution in [1.29, 1.82) is 0 Å². The van der Waals surface area contributed by atoms with Crippen LogP contribution in [0.1, 0.15) is 30.5 Å². The molecule has 9 heteroatoms. The molecular weight excluding hydrogens is 458 g/mol. The monoisotopic (exact) mass is 483 g/mol. The van der Waals surface area contributed by atoms with Gasteiger partial charge in [-0.1, -0.05) is 42.5 Å². The number of rotatable bonds is 8. The normalized spacial score (nSPS) is 14.5. The molecule has 0 fully saturated rings. The van der Waals surface area contributed by atoms with Crippen LogP contribution < -0.4 is 4.90 Å². The van der Waals surface area contributed by atoms with Gasteiger partial charge in [0, 0.05) is 36.0 Å². The van der Waals surface area contributed by atoms with Crippen LogP contribution in [0.3, 0.4) is 0 Å². The zero-order chi connectivity index (χ0) is 25.7. The standard InChI is InChI=1S/C27H25N5O4/c1-3-30(4-2)22-14-15-25(33)21(16-22)18-28-31-26(19-10-6-5-7-11-19)29-23(27(31)34)17-20-12-8-9-13-24(20)32(35)36/h5-18,33H,3-4H2,1-2H3/b23-17-,28-18+. The van der Waals surface area contributed by atoms with Crippen LogP contribution in [0.5, 0.6) is 5.75 Å². The van der Waals surface area contributed by atoms with E-state index in [0.717, 1.165) is 23.8 Å². The summed E-state index contributed by atoms with van der Waals surface area (Å²) < 4.78 is 0. The molecule has 1 aliphatic heterocycles. The predicted octanol–water partition coefficient (Wildman–Crippen LogP) is 4.81. The number of phenols is 1. The molecular formula is C27H25N5O4. The van der Waals surface area contributed by atoms with E-state index in [-0.39, 0.29) is 28.5 Å². The van der Waals surface area contributed by atoms with Crippen molar-refractivity contribution in [3.8, 4) is 5.75 Å². The third kappa shape index (κ3) is 5.00. The summed E-state index contributed by atoms with van der Waals surface area (Å²) in [5.74, 6) is -0.237. The van der Waals surface area contributed by atoms with E-state index in [1.54, 1.807) is 42.5 Å². The number of anilines is 1. The summed E-state index contributed by atoms with van der Waals surface area (Å²) >= 11 is 0. The molecule has 0 aliphatic carbocycles. The fourth-order valence-electron chi connectivity index (χ4n) is 3.86. The molecule has 1 amide bonds. The first-order valence-electron chi connectivity index (χ1n) is 11.5. The molecule has 0 saturated carbocycles. The number of nitro groups is 1. The maximum atomic E-state index is 13.3. The van der Waals surface area contributed by atoms with E-state index in [4.69, 9.17) is 0 Å². The third-order valence-corrected chi connectivity index (χ3v) is 5.75. The first-order valence-corrected chi connectivity index (χ1v) is 11.5. The molecule has 0 spiro atoms. The molecule has 3 aromatic rings. The second-order valence-corrected chi connectivity index (χ2v) is 7.92. The Kier molecular flexibility index (Phi) is 7.20. The number of para-hydroxylation sites is 1. The number of amides is 1. The first kappa shape index (κ1) is 24.3. The molecule has 1 heterocycles. The van der Waals surface area contributed by atoms with Crippen molar-refractivity contribution in [3.63, 3.8) is 0 Å². The second-order valence-electron chi connectivity index (χ2n) is 7.92. The van der Waals surface area contributed by atoms with E-state index in [9.17, 15) is 20.0 Å². The Morgan fingerprint density at radius 2 is 1.72 bits per heavy atom. The van der Waals surface area contributed by atoms with Crippen molar-refractivity contribution >= 4 is 35.4 Å². The summed E-state index contributed by atoms with van der Waals surface area (Å²) in [4.78, 5) is 30.9. The Hall–Kier alpha value is -4.79. The van der Waals surface area contributed by atoms with Gasteiger partial charge in [-0.05, 0) is 44.2 Å². The Morgan fingerprint density at radius 3 is 2.42 bits per heavy atom. The minimum Gasteiger partial charge on any atom is -0.507 e. The van der Waals surface area contributed by atoms with E-state index < -0.39 is 10.8 Å². The lowest BCUT2D eigenvalue weighted by Crippen LogP contribution is -2.27. The molecule has 0 aromatic heterocycles. The molecule has 4 rings (SSSR count). The first-order chi connectivity index (χ1) is 17.4. The minimum atomic E-state index is -0.539. The molecule has 0 saturated heterocycles. The lowest BCUT2D eigenvalue weighted by atomic mass is 10.1. The molecule has 0 unspecified atom stereocenters. The number of amidine groups is 1. The maximum absolute atomic E-state index is 13.3. The summed E-state index contributed by atoms with van der Waals surface area (Å²) in [6, 6.07) is 20.4. The number of carbonyl (C=O) groups is 1. The van der Waals surface area contributed by atoms with E-state index in [1.165, 1.54) is 18.4 Å². The Morgan fingerprint density at radius 1 is 1.03 bits per heavy atom. The SMILES string of the molecule is CCN(CC)c1ccc(O)c(/C=N/N2C(=O)/C(=C/c3ccccc3[N+](=O)[O-])N=C2c2ccccc2)c1. The summed E-state index contributed by atoms with van der Waals surface area (Å²) in [6.45, 7) is 5.68. The number of carbonyl (C=O) groups excluding carboxylic acids is 1. The van der Waals surface area contributed by atoms with Gasteiger partial charge in [-0.2, -0.15) is 10.1 Å². The largest absolute Gasteiger partial charge is 0.507 e. The fraction of sp³-hybridized carbons (Fsp3) is 0.148. The van der Waals surface area contributed by atoms with Crippen molar-refractivity contribution in [2.24, 2.45) is 10.1 Å². The molecule has 182 valence electrons. The Balaban J connectivity index is 1.75. The van der Waals surface area contributed by atoms with Crippen molar-refractivity contribution in [1.82, 2.24) is 5.01 Å². The van der Waals surface area contributed by atoms with Crippen LogP contribution in [0, 0.1) is 10.1 Å². The summed E-state index contributed by atoms with van der Waals surface area (Å²) in [5.41, 5.74) is 2.15. The second kappa shape index (κ2) is 10.6. The van der Waals surface area contributed by atoms with E-state index in [2.05, 4.69) is 15.0 Å². The number of benzene rings is 3. The van der Waals surface area contributed by atoms with Gasteiger partial charge >= 0.3 is 0 Å². The zero-order valence-corrected chi connectivity index (χ0v) is 19.9. The third-order valence-electron chi connectivity index (χ3n) is 5.75. The van der Waals surface area contributed by atoms with Gasteiger partial charge in [0.25, 0.3) is 11.6 Å². The number of aliphatic imine (C=N–C) groups is 1. The number of aromatic hydroxyl groups is 1. The highest BCUT2D eigenvalue weighted by Gasteiger charge is 2.31.